The van der Waals surface area contributed by atoms with E-state index in [0.29, 0.717) is 11.1 Å². The van der Waals surface area contributed by atoms with Crippen LogP contribution in [0.15, 0.2) is 65.9 Å². The van der Waals surface area contributed by atoms with Gasteiger partial charge in [-0.3, -0.25) is 4.79 Å². The predicted octanol–water partition coefficient (Wildman–Crippen LogP) is 2.56. The number of esters is 1. The van der Waals surface area contributed by atoms with Crippen LogP contribution < -0.4 is 11.5 Å². The summed E-state index contributed by atoms with van der Waals surface area (Å²) < 4.78 is 8.61. The molecule has 0 aliphatic heterocycles. The number of carbonyl (C=O) groups is 2. The van der Waals surface area contributed by atoms with Gasteiger partial charge in [0.25, 0.3) is 5.91 Å². The fraction of sp³-hybridized carbons (Fsp3) is 0.136. The molecule has 1 amide bonds. The number of amides is 1. The van der Waals surface area contributed by atoms with Gasteiger partial charge in [0, 0.05) is 48.3 Å². The Morgan fingerprint density at radius 2 is 1.33 bits per heavy atom. The molecule has 0 spiro atoms. The molecule has 4 aromatic rings. The molecule has 0 bridgehead atoms. The number of rotatable bonds is 2. The van der Waals surface area contributed by atoms with Crippen LogP contribution in [0, 0.1) is 0 Å². The van der Waals surface area contributed by atoms with Gasteiger partial charge in [-0.05, 0) is 36.4 Å². The Morgan fingerprint density at radius 3 is 1.83 bits per heavy atom. The third-order valence-electron chi connectivity index (χ3n) is 4.72. The lowest BCUT2D eigenvalue weighted by atomic mass is 10.1. The van der Waals surface area contributed by atoms with Crippen LogP contribution in [-0.4, -0.2) is 34.1 Å². The number of benzene rings is 2. The number of nitrogens with zero attached hydrogens (tertiary/aromatic N) is 3. The molecule has 8 nitrogen and oxygen atoms in total. The second-order valence-electron chi connectivity index (χ2n) is 6.66. The van der Waals surface area contributed by atoms with Crippen molar-refractivity contribution in [2.45, 2.75) is 0 Å². The number of hydrogen-bond donors (Lipinski definition) is 2. The zero-order valence-corrected chi connectivity index (χ0v) is 17.0. The second kappa shape index (κ2) is 8.52. The van der Waals surface area contributed by atoms with Crippen LogP contribution in [0.3, 0.4) is 0 Å². The first-order chi connectivity index (χ1) is 14.3. The van der Waals surface area contributed by atoms with Crippen LogP contribution in [-0.2, 0) is 18.8 Å². The molecule has 2 aromatic carbocycles. The third kappa shape index (κ3) is 4.02. The molecule has 0 aliphatic rings. The summed E-state index contributed by atoms with van der Waals surface area (Å²) in [5.41, 5.74) is 13.5. The van der Waals surface area contributed by atoms with Crippen LogP contribution in [0.25, 0.3) is 21.8 Å². The molecule has 0 unspecified atom stereocenters. The standard InChI is InChI=1S/C11H12N4O.C11H11NO2/c1-15-6-5-7-8(3-2-4-9(7)15)10(16)14-11(12)13;1-12-7-6-8-9(11(13)14-2)4-3-5-10(8)12/h2-6H,1H3,(H4,12,13,14,16);3-7H,1-2H3. The minimum atomic E-state index is -0.420. The molecule has 0 radical (unpaired) electrons. The Bertz CT molecular complexity index is 1260. The van der Waals surface area contributed by atoms with Crippen molar-refractivity contribution >= 4 is 39.6 Å². The van der Waals surface area contributed by atoms with Crippen LogP contribution >= 0.6 is 0 Å². The molecule has 8 heteroatoms. The van der Waals surface area contributed by atoms with E-state index >= 15 is 0 Å². The summed E-state index contributed by atoms with van der Waals surface area (Å²) in [7, 11) is 5.25. The number of aromatic nitrogens is 2. The van der Waals surface area contributed by atoms with Gasteiger partial charge >= 0.3 is 5.97 Å². The first-order valence-electron chi connectivity index (χ1n) is 9.14. The second-order valence-corrected chi connectivity index (χ2v) is 6.66. The van der Waals surface area contributed by atoms with Gasteiger partial charge < -0.3 is 25.3 Å². The van der Waals surface area contributed by atoms with Gasteiger partial charge in [0.1, 0.15) is 0 Å². The van der Waals surface area contributed by atoms with Crippen molar-refractivity contribution in [1.82, 2.24) is 9.13 Å². The SMILES string of the molecule is COC(=O)c1cccc2c1ccn2C.Cn1ccc2c(C(=O)N=C(N)N)cccc21. The molecule has 0 aliphatic carbocycles. The van der Waals surface area contributed by atoms with E-state index in [4.69, 9.17) is 16.2 Å². The summed E-state index contributed by atoms with van der Waals surface area (Å²) >= 11 is 0. The highest BCUT2D eigenvalue weighted by Crippen LogP contribution is 2.21. The van der Waals surface area contributed by atoms with Crippen molar-refractivity contribution in [2.24, 2.45) is 30.6 Å². The van der Waals surface area contributed by atoms with Crippen molar-refractivity contribution < 1.29 is 14.3 Å². The summed E-state index contributed by atoms with van der Waals surface area (Å²) in [5.74, 6) is -0.934. The first-order valence-corrected chi connectivity index (χ1v) is 9.14. The fourth-order valence-corrected chi connectivity index (χ4v) is 3.26. The largest absolute Gasteiger partial charge is 0.465 e. The Kier molecular flexibility index (Phi) is 5.87. The van der Waals surface area contributed by atoms with Crippen LogP contribution in [0.5, 0.6) is 0 Å². The quantitative estimate of drug-likeness (QED) is 0.302. The lowest BCUT2D eigenvalue weighted by molar-refractivity contribution is 0.0603. The highest BCUT2D eigenvalue weighted by molar-refractivity contribution is 6.10. The van der Waals surface area contributed by atoms with E-state index in [-0.39, 0.29) is 11.9 Å². The minimum absolute atomic E-state index is 0.224. The third-order valence-corrected chi connectivity index (χ3v) is 4.72. The zero-order chi connectivity index (χ0) is 21.8. The van der Waals surface area contributed by atoms with E-state index in [0.717, 1.165) is 21.8 Å². The normalized spacial score (nSPS) is 10.4. The number of methoxy groups -OCH3 is 1. The molecule has 0 atom stereocenters. The van der Waals surface area contributed by atoms with Crippen LogP contribution in [0.4, 0.5) is 0 Å². The molecule has 2 aromatic heterocycles. The Morgan fingerprint density at radius 1 is 0.833 bits per heavy atom. The highest BCUT2D eigenvalue weighted by atomic mass is 16.5. The maximum absolute atomic E-state index is 11.7. The van der Waals surface area contributed by atoms with Crippen molar-refractivity contribution in [3.63, 3.8) is 0 Å². The lowest BCUT2D eigenvalue weighted by Crippen LogP contribution is -2.24. The molecule has 154 valence electrons. The molecule has 2 heterocycles. The predicted molar refractivity (Wildman–Crippen MR) is 117 cm³/mol. The fourth-order valence-electron chi connectivity index (χ4n) is 3.26. The van der Waals surface area contributed by atoms with Crippen LogP contribution in [0.1, 0.15) is 20.7 Å². The van der Waals surface area contributed by atoms with Gasteiger partial charge in [-0.15, -0.1) is 0 Å². The van der Waals surface area contributed by atoms with Crippen LogP contribution in [0.2, 0.25) is 0 Å². The van der Waals surface area contributed by atoms with Gasteiger partial charge in [0.2, 0.25) is 0 Å². The number of aliphatic imine (C=N–C) groups is 1. The van der Waals surface area contributed by atoms with E-state index in [1.807, 2.05) is 66.0 Å². The number of ether oxygens (including phenoxy) is 1. The van der Waals surface area contributed by atoms with Gasteiger partial charge in [-0.2, -0.15) is 4.99 Å². The van der Waals surface area contributed by atoms with Gasteiger partial charge in [0.05, 0.1) is 18.2 Å². The number of nitrogens with two attached hydrogens (primary N) is 2. The minimum Gasteiger partial charge on any atom is -0.465 e. The van der Waals surface area contributed by atoms with Crippen molar-refractivity contribution in [3.05, 3.63) is 72.1 Å². The van der Waals surface area contributed by atoms with Gasteiger partial charge in [0.15, 0.2) is 5.96 Å². The molecule has 4 rings (SSSR count). The van der Waals surface area contributed by atoms with Gasteiger partial charge in [-0.25, -0.2) is 4.79 Å². The summed E-state index contributed by atoms with van der Waals surface area (Å²) in [6, 6.07) is 14.8. The van der Waals surface area contributed by atoms with Crippen molar-refractivity contribution in [2.75, 3.05) is 7.11 Å². The highest BCUT2D eigenvalue weighted by Gasteiger charge is 2.11. The number of carbonyl (C=O) groups excluding carboxylic acids is 2. The first kappa shape index (κ1) is 20.7. The maximum Gasteiger partial charge on any atom is 0.338 e. The Hall–Kier alpha value is -4.07. The van der Waals surface area contributed by atoms with Crippen molar-refractivity contribution in [1.29, 1.82) is 0 Å². The van der Waals surface area contributed by atoms with E-state index in [2.05, 4.69) is 4.99 Å². The zero-order valence-electron chi connectivity index (χ0n) is 17.0. The summed E-state index contributed by atoms with van der Waals surface area (Å²) in [6.07, 6.45) is 3.81. The van der Waals surface area contributed by atoms with Crippen molar-refractivity contribution in [3.8, 4) is 0 Å². The Balaban J connectivity index is 0.000000172. The van der Waals surface area contributed by atoms with Gasteiger partial charge in [-0.1, -0.05) is 12.1 Å². The average molecular weight is 405 g/mol. The molecular formula is C22H23N5O3. The van der Waals surface area contributed by atoms with E-state index < -0.39 is 5.91 Å². The molecule has 0 saturated carbocycles. The molecule has 0 saturated heterocycles. The topological polar surface area (TPSA) is 118 Å². The maximum atomic E-state index is 11.7. The number of guanidine groups is 1. The summed E-state index contributed by atoms with van der Waals surface area (Å²) in [4.78, 5) is 26.7. The van der Waals surface area contributed by atoms with E-state index in [1.165, 1.54) is 7.11 Å². The summed E-state index contributed by atoms with van der Waals surface area (Å²) in [6.45, 7) is 0. The number of fused-ring (bicyclic) bond motifs is 2. The molecule has 4 N–H and O–H groups in total. The smallest absolute Gasteiger partial charge is 0.338 e. The van der Waals surface area contributed by atoms with E-state index in [1.54, 1.807) is 18.2 Å². The molecule has 0 fully saturated rings. The molecular weight excluding hydrogens is 382 g/mol. The number of hydrogen-bond acceptors (Lipinski definition) is 3. The number of aryl methyl sites for hydroxylation is 2. The summed E-state index contributed by atoms with van der Waals surface area (Å²) in [5, 5.41) is 1.78. The Labute approximate surface area is 173 Å². The lowest BCUT2D eigenvalue weighted by Gasteiger charge is -2.01. The molecule has 30 heavy (non-hydrogen) atoms. The monoisotopic (exact) mass is 405 g/mol. The van der Waals surface area contributed by atoms with E-state index in [9.17, 15) is 9.59 Å². The average Bonchev–Trinajstić information content (AvgIpc) is 3.30.